The average molecular weight is 456 g/mol. The average Bonchev–Trinajstić information content (AvgIpc) is 2.76. The molecule has 0 radical (unpaired) electrons. The van der Waals surface area contributed by atoms with E-state index in [9.17, 15) is 9.59 Å². The molecular weight excluding hydrogens is 398 g/mol. The number of primary amides is 1. The molecule has 0 aliphatic heterocycles. The van der Waals surface area contributed by atoms with Gasteiger partial charge in [-0.1, -0.05) is 105 Å². The quantitative estimate of drug-likeness (QED) is 0.246. The number of nitrogens with two attached hydrogens (primary N) is 2. The zero-order valence-corrected chi connectivity index (χ0v) is 22.1. The van der Waals surface area contributed by atoms with Crippen molar-refractivity contribution in [3.05, 3.63) is 0 Å². The molecule has 0 bridgehead atoms. The molecule has 0 aromatic heterocycles. The second kappa shape index (κ2) is 26.2. The van der Waals surface area contributed by atoms with Gasteiger partial charge in [-0.05, 0) is 37.6 Å². The van der Waals surface area contributed by atoms with E-state index in [1.54, 1.807) is 0 Å². The molecule has 0 atom stereocenters. The number of hydrogen-bond donors (Lipinski definition) is 3. The Kier molecular flexibility index (Phi) is 27.0. The molecule has 0 saturated heterocycles. The summed E-state index contributed by atoms with van der Waals surface area (Å²) < 4.78 is 0. The molecule has 1 saturated carbocycles. The first-order valence-corrected chi connectivity index (χ1v) is 13.7. The second-order valence-corrected chi connectivity index (χ2v) is 9.34. The van der Waals surface area contributed by atoms with Crippen molar-refractivity contribution in [2.45, 2.75) is 137 Å². The maximum Gasteiger partial charge on any atom is 0.219 e. The van der Waals surface area contributed by atoms with Crippen molar-refractivity contribution < 1.29 is 9.59 Å². The van der Waals surface area contributed by atoms with Crippen molar-refractivity contribution >= 4 is 11.8 Å². The van der Waals surface area contributed by atoms with Crippen LogP contribution in [0, 0.1) is 11.8 Å². The molecule has 0 spiro atoms. The molecule has 192 valence electrons. The molecule has 1 aliphatic carbocycles. The summed E-state index contributed by atoms with van der Waals surface area (Å²) >= 11 is 0. The molecule has 0 unspecified atom stereocenters. The van der Waals surface area contributed by atoms with E-state index in [0.717, 1.165) is 37.6 Å². The molecular formula is C27H57N3O2. The fourth-order valence-corrected chi connectivity index (χ4v) is 4.31. The summed E-state index contributed by atoms with van der Waals surface area (Å²) in [5, 5.41) is 2.77. The normalized spacial score (nSPS) is 13.6. The standard InChI is InChI=1S/C16H32.C7H16N2O.C4H9NO/c1-3-9-15(10-4-2)13-8-14-16-11-6-5-7-12-16;1-2-4-7(10)9-6-3-5-8;1-2-3-4(5)6/h15-16H,3-14H2,1-2H3;2-6,8H2,1H3,(H,9,10);2-3H2,1H3,(H2,5,6). The second-order valence-electron chi connectivity index (χ2n) is 9.34. The minimum atomic E-state index is -0.211. The van der Waals surface area contributed by atoms with Crippen LogP contribution in [0.3, 0.4) is 0 Å². The fourth-order valence-electron chi connectivity index (χ4n) is 4.31. The van der Waals surface area contributed by atoms with Crippen molar-refractivity contribution in [1.82, 2.24) is 5.32 Å². The summed E-state index contributed by atoms with van der Waals surface area (Å²) in [7, 11) is 0. The highest BCUT2D eigenvalue weighted by molar-refractivity contribution is 5.75. The van der Waals surface area contributed by atoms with E-state index in [4.69, 9.17) is 11.5 Å². The Morgan fingerprint density at radius 3 is 1.88 bits per heavy atom. The Morgan fingerprint density at radius 1 is 0.844 bits per heavy atom. The first kappa shape index (κ1) is 33.1. The zero-order chi connectivity index (χ0) is 24.5. The molecule has 0 aromatic carbocycles. The lowest BCUT2D eigenvalue weighted by Crippen LogP contribution is -2.25. The summed E-state index contributed by atoms with van der Waals surface area (Å²) in [4.78, 5) is 20.6. The lowest BCUT2D eigenvalue weighted by Gasteiger charge is -2.22. The van der Waals surface area contributed by atoms with Crippen molar-refractivity contribution in [3.8, 4) is 0 Å². The van der Waals surface area contributed by atoms with Crippen LogP contribution < -0.4 is 16.8 Å². The smallest absolute Gasteiger partial charge is 0.219 e. The van der Waals surface area contributed by atoms with Crippen LogP contribution in [-0.2, 0) is 9.59 Å². The van der Waals surface area contributed by atoms with Crippen LogP contribution in [0.1, 0.15) is 137 Å². The Hall–Kier alpha value is -1.10. The van der Waals surface area contributed by atoms with Gasteiger partial charge in [0.05, 0.1) is 0 Å². The number of rotatable bonds is 15. The van der Waals surface area contributed by atoms with E-state index in [1.807, 2.05) is 13.8 Å². The van der Waals surface area contributed by atoms with Gasteiger partial charge in [-0.15, -0.1) is 0 Å². The topological polar surface area (TPSA) is 98.2 Å². The molecule has 0 heterocycles. The zero-order valence-electron chi connectivity index (χ0n) is 22.1. The van der Waals surface area contributed by atoms with E-state index in [0.29, 0.717) is 19.4 Å². The van der Waals surface area contributed by atoms with Gasteiger partial charge in [-0.25, -0.2) is 0 Å². The van der Waals surface area contributed by atoms with E-state index < -0.39 is 0 Å². The van der Waals surface area contributed by atoms with Crippen LogP contribution in [0.2, 0.25) is 0 Å². The van der Waals surface area contributed by atoms with Crippen molar-refractivity contribution in [1.29, 1.82) is 0 Å². The van der Waals surface area contributed by atoms with Gasteiger partial charge in [0.1, 0.15) is 0 Å². The Morgan fingerprint density at radius 2 is 1.44 bits per heavy atom. The van der Waals surface area contributed by atoms with Gasteiger partial charge in [-0.2, -0.15) is 0 Å². The highest BCUT2D eigenvalue weighted by Gasteiger charge is 2.14. The fraction of sp³-hybridized carbons (Fsp3) is 0.926. The van der Waals surface area contributed by atoms with Gasteiger partial charge < -0.3 is 16.8 Å². The van der Waals surface area contributed by atoms with Crippen molar-refractivity contribution in [2.75, 3.05) is 13.1 Å². The Balaban J connectivity index is 0. The van der Waals surface area contributed by atoms with Crippen LogP contribution in [0.4, 0.5) is 0 Å². The number of hydrogen-bond acceptors (Lipinski definition) is 3. The molecule has 5 heteroatoms. The first-order chi connectivity index (χ1) is 15.4. The van der Waals surface area contributed by atoms with Gasteiger partial charge in [-0.3, -0.25) is 9.59 Å². The van der Waals surface area contributed by atoms with E-state index in [1.165, 1.54) is 77.0 Å². The van der Waals surface area contributed by atoms with E-state index in [-0.39, 0.29) is 11.8 Å². The minimum absolute atomic E-state index is 0.135. The lowest BCUT2D eigenvalue weighted by molar-refractivity contribution is -0.121. The van der Waals surface area contributed by atoms with Crippen molar-refractivity contribution in [3.63, 3.8) is 0 Å². The number of amides is 2. The van der Waals surface area contributed by atoms with E-state index in [2.05, 4.69) is 19.2 Å². The Bertz CT molecular complexity index is 404. The van der Waals surface area contributed by atoms with Gasteiger partial charge in [0.2, 0.25) is 11.8 Å². The summed E-state index contributed by atoms with van der Waals surface area (Å²) in [5.41, 5.74) is 10.0. The monoisotopic (exact) mass is 455 g/mol. The third-order valence-electron chi connectivity index (χ3n) is 6.02. The van der Waals surface area contributed by atoms with Crippen LogP contribution in [-0.4, -0.2) is 24.9 Å². The molecule has 2 amide bonds. The SMILES string of the molecule is CCCC(=O)NCCCN.CCCC(CCC)CCCC1CCCCC1.CCCC(N)=O. The maximum absolute atomic E-state index is 10.8. The largest absolute Gasteiger partial charge is 0.370 e. The molecule has 0 aromatic rings. The molecule has 5 nitrogen and oxygen atoms in total. The highest BCUT2D eigenvalue weighted by Crippen LogP contribution is 2.29. The third-order valence-corrected chi connectivity index (χ3v) is 6.02. The lowest BCUT2D eigenvalue weighted by atomic mass is 9.84. The van der Waals surface area contributed by atoms with E-state index >= 15 is 0 Å². The highest BCUT2D eigenvalue weighted by atomic mass is 16.1. The van der Waals surface area contributed by atoms with Crippen LogP contribution in [0.15, 0.2) is 0 Å². The maximum atomic E-state index is 10.8. The number of carbonyl (C=O) groups excluding carboxylic acids is 2. The summed E-state index contributed by atoms with van der Waals surface area (Å²) in [5.74, 6) is 2.06. The predicted molar refractivity (Wildman–Crippen MR) is 139 cm³/mol. The van der Waals surface area contributed by atoms with Gasteiger partial charge in [0, 0.05) is 19.4 Å². The van der Waals surface area contributed by atoms with Crippen LogP contribution in [0.5, 0.6) is 0 Å². The Labute approximate surface area is 200 Å². The molecule has 32 heavy (non-hydrogen) atoms. The van der Waals surface area contributed by atoms with Crippen LogP contribution >= 0.6 is 0 Å². The summed E-state index contributed by atoms with van der Waals surface area (Å²) in [6, 6.07) is 0. The third kappa shape index (κ3) is 25.2. The summed E-state index contributed by atoms with van der Waals surface area (Å²) in [6.07, 6.45) is 21.6. The van der Waals surface area contributed by atoms with Gasteiger partial charge >= 0.3 is 0 Å². The van der Waals surface area contributed by atoms with Crippen molar-refractivity contribution in [2.24, 2.45) is 23.3 Å². The first-order valence-electron chi connectivity index (χ1n) is 13.7. The van der Waals surface area contributed by atoms with Crippen LogP contribution in [0.25, 0.3) is 0 Å². The molecule has 5 N–H and O–H groups in total. The minimum Gasteiger partial charge on any atom is -0.370 e. The molecule has 1 aliphatic rings. The number of nitrogens with one attached hydrogen (secondary N) is 1. The predicted octanol–water partition coefficient (Wildman–Crippen LogP) is 6.48. The molecule has 1 rings (SSSR count). The van der Waals surface area contributed by atoms with Gasteiger partial charge in [0.15, 0.2) is 0 Å². The molecule has 1 fully saturated rings. The summed E-state index contributed by atoms with van der Waals surface area (Å²) in [6.45, 7) is 9.95. The number of carbonyl (C=O) groups is 2. The van der Waals surface area contributed by atoms with Gasteiger partial charge in [0.25, 0.3) is 0 Å².